The summed E-state index contributed by atoms with van der Waals surface area (Å²) in [6.07, 6.45) is -0.434. The molecule has 0 aromatic heterocycles. The fourth-order valence-corrected chi connectivity index (χ4v) is 3.35. The van der Waals surface area contributed by atoms with E-state index in [1.165, 1.54) is 4.46 Å². The molecule has 0 radical (unpaired) electrons. The maximum atomic E-state index is 9.89. The molecule has 2 rings (SSSR count). The molecule has 0 amide bonds. The summed E-state index contributed by atoms with van der Waals surface area (Å²) < 4.78 is 6.80. The van der Waals surface area contributed by atoms with Crippen molar-refractivity contribution in [1.29, 1.82) is 0 Å². The van der Waals surface area contributed by atoms with E-state index in [2.05, 4.69) is 12.1 Å². The second-order valence-corrected chi connectivity index (χ2v) is 6.77. The molecular weight excluding hydrogens is 327 g/mol. The summed E-state index contributed by atoms with van der Waals surface area (Å²) in [5.41, 5.74) is 0. The predicted octanol–water partition coefficient (Wildman–Crippen LogP) is 2.53. The predicted molar refractivity (Wildman–Crippen MR) is 79.6 cm³/mol. The zero-order chi connectivity index (χ0) is 13.5. The Kier molecular flexibility index (Phi) is 5.74. The van der Waals surface area contributed by atoms with Crippen LogP contribution in [0, 0.1) is 0 Å². The van der Waals surface area contributed by atoms with E-state index < -0.39 is 6.10 Å². The quantitative estimate of drug-likeness (QED) is 0.818. The van der Waals surface area contributed by atoms with Gasteiger partial charge in [-0.2, -0.15) is 0 Å². The number of aliphatic hydroxyl groups is 1. The molecule has 1 atom stereocenters. The molecule has 4 heteroatoms. The van der Waals surface area contributed by atoms with Crippen molar-refractivity contribution in [2.45, 2.75) is 11.4 Å². The van der Waals surface area contributed by atoms with Crippen LogP contribution in [-0.4, -0.2) is 32.8 Å². The van der Waals surface area contributed by atoms with Gasteiger partial charge in [0, 0.05) is 0 Å². The van der Waals surface area contributed by atoms with Gasteiger partial charge in [-0.05, 0) is 0 Å². The minimum absolute atomic E-state index is 0.282. The van der Waals surface area contributed by atoms with Gasteiger partial charge in [-0.1, -0.05) is 0 Å². The van der Waals surface area contributed by atoms with Crippen molar-refractivity contribution >= 4 is 31.0 Å². The van der Waals surface area contributed by atoms with Crippen LogP contribution in [0.2, 0.25) is 10.3 Å². The van der Waals surface area contributed by atoms with Gasteiger partial charge in [0.05, 0.1) is 0 Å². The van der Waals surface area contributed by atoms with Crippen molar-refractivity contribution in [3.05, 3.63) is 59.6 Å². The van der Waals surface area contributed by atoms with Gasteiger partial charge in [0.2, 0.25) is 0 Å². The molecule has 1 unspecified atom stereocenters. The molecule has 0 spiro atoms. The Bertz CT molecular complexity index is 487. The van der Waals surface area contributed by atoms with Gasteiger partial charge < -0.3 is 0 Å². The van der Waals surface area contributed by atoms with Crippen molar-refractivity contribution in [3.8, 4) is 5.75 Å². The molecule has 0 heterocycles. The van der Waals surface area contributed by atoms with Crippen LogP contribution in [0.15, 0.2) is 54.6 Å². The van der Waals surface area contributed by atoms with Crippen molar-refractivity contribution < 1.29 is 9.84 Å². The molecule has 2 aromatic carbocycles. The third-order valence-electron chi connectivity index (χ3n) is 2.44. The Hall–Kier alpha value is -0.991. The average molecular weight is 342 g/mol. The average Bonchev–Trinajstić information content (AvgIpc) is 2.45. The number of rotatable bonds is 6. The third kappa shape index (κ3) is 5.25. The first-order chi connectivity index (χ1) is 9.24. The van der Waals surface area contributed by atoms with Crippen molar-refractivity contribution in [3.63, 3.8) is 0 Å². The molecule has 0 aliphatic carbocycles. The van der Waals surface area contributed by atoms with Crippen LogP contribution in [0.1, 0.15) is 0 Å². The normalized spacial score (nSPS) is 12.1. The molecule has 0 aliphatic heterocycles. The molecule has 2 nitrogen and oxygen atoms in total. The van der Waals surface area contributed by atoms with E-state index in [4.69, 9.17) is 16.3 Å². The molecule has 0 saturated carbocycles. The molecule has 0 bridgehead atoms. The van der Waals surface area contributed by atoms with Crippen LogP contribution < -0.4 is 9.20 Å². The Morgan fingerprint density at radius 3 is 2.42 bits per heavy atom. The van der Waals surface area contributed by atoms with E-state index in [0.717, 1.165) is 11.1 Å². The summed E-state index contributed by atoms with van der Waals surface area (Å²) in [4.78, 5) is 0. The van der Waals surface area contributed by atoms with E-state index in [9.17, 15) is 5.11 Å². The number of halogens is 1. The number of aliphatic hydroxyl groups excluding tert-OH is 1. The van der Waals surface area contributed by atoms with Crippen molar-refractivity contribution in [2.24, 2.45) is 0 Å². The van der Waals surface area contributed by atoms with E-state index in [1.807, 2.05) is 18.2 Å². The Balaban J connectivity index is 1.72. The van der Waals surface area contributed by atoms with E-state index in [1.54, 1.807) is 24.3 Å². The summed E-state index contributed by atoms with van der Waals surface area (Å²) in [7, 11) is 0. The Morgan fingerprint density at radius 1 is 1.05 bits per heavy atom. The van der Waals surface area contributed by atoms with Crippen molar-refractivity contribution in [2.75, 3.05) is 6.61 Å². The van der Waals surface area contributed by atoms with Crippen LogP contribution in [0.5, 0.6) is 5.75 Å². The van der Waals surface area contributed by atoms with Crippen molar-refractivity contribution in [1.82, 2.24) is 0 Å². The summed E-state index contributed by atoms with van der Waals surface area (Å²) in [5.74, 6) is 0.732. The number of ether oxygens (including phenoxy) is 1. The van der Waals surface area contributed by atoms with E-state index >= 15 is 0 Å². The first kappa shape index (κ1) is 14.4. The summed E-state index contributed by atoms with van der Waals surface area (Å²) >= 11 is 6.07. The summed E-state index contributed by atoms with van der Waals surface area (Å²) in [5, 5.41) is 11.3. The molecule has 0 saturated heterocycles. The van der Waals surface area contributed by atoms with Gasteiger partial charge in [-0.25, -0.2) is 0 Å². The van der Waals surface area contributed by atoms with Crippen LogP contribution in [0.4, 0.5) is 0 Å². The van der Waals surface area contributed by atoms with Gasteiger partial charge >= 0.3 is 124 Å². The second-order valence-electron chi connectivity index (χ2n) is 4.04. The SMILES string of the molecule is OC(COc1ccc(Cl)cc1)C[Se]c1ccccc1. The minimum atomic E-state index is -0.434. The number of hydrogen-bond donors (Lipinski definition) is 1. The van der Waals surface area contributed by atoms with Crippen LogP contribution in [0.3, 0.4) is 0 Å². The standard InChI is InChI=1S/C15H15ClO2Se/c16-12-6-8-14(9-7-12)18-10-13(17)11-19-15-4-2-1-3-5-15/h1-9,13,17H,10-11H2. The summed E-state index contributed by atoms with van der Waals surface area (Å²) in [6.45, 7) is 0.316. The topological polar surface area (TPSA) is 29.5 Å². The van der Waals surface area contributed by atoms with Crippen LogP contribution in [-0.2, 0) is 0 Å². The monoisotopic (exact) mass is 342 g/mol. The van der Waals surface area contributed by atoms with Gasteiger partial charge in [-0.3, -0.25) is 0 Å². The molecular formula is C15H15ClO2Se. The fourth-order valence-electron chi connectivity index (χ4n) is 1.48. The zero-order valence-electron chi connectivity index (χ0n) is 10.3. The van der Waals surface area contributed by atoms with Gasteiger partial charge in [0.25, 0.3) is 0 Å². The second kappa shape index (κ2) is 7.56. The molecule has 2 aromatic rings. The van der Waals surface area contributed by atoms with Crippen LogP contribution in [0.25, 0.3) is 0 Å². The maximum absolute atomic E-state index is 9.89. The van der Waals surface area contributed by atoms with Gasteiger partial charge in [0.1, 0.15) is 0 Å². The first-order valence-electron chi connectivity index (χ1n) is 5.98. The summed E-state index contributed by atoms with van der Waals surface area (Å²) in [6, 6.07) is 17.4. The molecule has 1 N–H and O–H groups in total. The van der Waals surface area contributed by atoms with E-state index in [0.29, 0.717) is 11.6 Å². The Morgan fingerprint density at radius 2 is 1.74 bits per heavy atom. The zero-order valence-corrected chi connectivity index (χ0v) is 12.8. The molecule has 19 heavy (non-hydrogen) atoms. The molecule has 0 fully saturated rings. The third-order valence-corrected chi connectivity index (χ3v) is 5.12. The molecule has 100 valence electrons. The number of benzene rings is 2. The van der Waals surface area contributed by atoms with Gasteiger partial charge in [-0.15, -0.1) is 0 Å². The molecule has 0 aliphatic rings. The number of hydrogen-bond acceptors (Lipinski definition) is 2. The first-order valence-corrected chi connectivity index (χ1v) is 8.43. The fraction of sp³-hybridized carbons (Fsp3) is 0.200. The van der Waals surface area contributed by atoms with E-state index in [-0.39, 0.29) is 15.0 Å². The van der Waals surface area contributed by atoms with Gasteiger partial charge in [0.15, 0.2) is 0 Å². The van der Waals surface area contributed by atoms with Crippen LogP contribution >= 0.6 is 11.6 Å². The Labute approximate surface area is 124 Å².